The smallest absolute Gasteiger partial charge is 0.214 e. The van der Waals surface area contributed by atoms with Crippen LogP contribution in [-0.2, 0) is 9.59 Å². The lowest BCUT2D eigenvalue weighted by atomic mass is 9.99. The predicted molar refractivity (Wildman–Crippen MR) is 59.7 cm³/mol. The third-order valence-electron chi connectivity index (χ3n) is 2.54. The van der Waals surface area contributed by atoms with Gasteiger partial charge in [0.2, 0.25) is 5.78 Å². The van der Waals surface area contributed by atoms with E-state index in [-0.39, 0.29) is 23.1 Å². The molecule has 1 unspecified atom stereocenters. The van der Waals surface area contributed by atoms with Crippen LogP contribution < -0.4 is 5.32 Å². The Morgan fingerprint density at radius 1 is 1.33 bits per heavy atom. The summed E-state index contributed by atoms with van der Waals surface area (Å²) in [7, 11) is 0. The van der Waals surface area contributed by atoms with Gasteiger partial charge < -0.3 is 5.32 Å². The third kappa shape index (κ3) is 4.56. The molecule has 1 aliphatic carbocycles. The zero-order chi connectivity index (χ0) is 11.6. The Labute approximate surface area is 91.6 Å². The van der Waals surface area contributed by atoms with Crippen molar-refractivity contribution in [3.05, 3.63) is 0 Å². The minimum atomic E-state index is -0.336. The zero-order valence-corrected chi connectivity index (χ0v) is 10.1. The molecule has 0 aromatic carbocycles. The molecule has 0 saturated heterocycles. The van der Waals surface area contributed by atoms with Gasteiger partial charge in [0.25, 0.3) is 0 Å². The predicted octanol–water partition coefficient (Wildman–Crippen LogP) is 1.70. The lowest BCUT2D eigenvalue weighted by molar-refractivity contribution is -0.137. The van der Waals surface area contributed by atoms with E-state index in [0.29, 0.717) is 5.92 Å². The van der Waals surface area contributed by atoms with E-state index in [4.69, 9.17) is 0 Å². The van der Waals surface area contributed by atoms with Crippen molar-refractivity contribution in [2.75, 3.05) is 0 Å². The Morgan fingerprint density at radius 3 is 2.20 bits per heavy atom. The molecule has 15 heavy (non-hydrogen) atoms. The minimum Gasteiger partial charge on any atom is -0.302 e. The summed E-state index contributed by atoms with van der Waals surface area (Å²) in [6, 6.07) is -0.282. The van der Waals surface area contributed by atoms with E-state index in [1.165, 1.54) is 19.8 Å². The van der Waals surface area contributed by atoms with Gasteiger partial charge in [0, 0.05) is 12.5 Å². The van der Waals surface area contributed by atoms with Crippen LogP contribution in [0.4, 0.5) is 0 Å². The molecule has 1 fully saturated rings. The third-order valence-corrected chi connectivity index (χ3v) is 2.54. The maximum Gasteiger partial charge on any atom is 0.214 e. The molecular weight excluding hydrogens is 190 g/mol. The number of rotatable bonds is 5. The number of ketones is 2. The molecule has 0 radical (unpaired) electrons. The van der Waals surface area contributed by atoms with Gasteiger partial charge in [-0.05, 0) is 33.1 Å². The first-order valence-electron chi connectivity index (χ1n) is 5.62. The molecule has 1 rings (SSSR count). The van der Waals surface area contributed by atoms with Crippen LogP contribution >= 0.6 is 0 Å². The lowest BCUT2D eigenvalue weighted by Gasteiger charge is -2.27. The Balaban J connectivity index is 2.59. The fourth-order valence-corrected chi connectivity index (χ4v) is 1.69. The number of hydrogen-bond acceptors (Lipinski definition) is 3. The van der Waals surface area contributed by atoms with Gasteiger partial charge >= 0.3 is 0 Å². The summed E-state index contributed by atoms with van der Waals surface area (Å²) >= 11 is 0. The molecule has 0 heterocycles. The normalized spacial score (nSPS) is 18.7. The molecule has 0 aromatic heterocycles. The lowest BCUT2D eigenvalue weighted by Crippen LogP contribution is -2.49. The quantitative estimate of drug-likeness (QED) is 0.704. The van der Waals surface area contributed by atoms with E-state index in [9.17, 15) is 9.59 Å². The molecule has 1 atom stereocenters. The molecule has 0 aliphatic heterocycles. The Kier molecular flexibility index (Phi) is 3.66. The summed E-state index contributed by atoms with van der Waals surface area (Å²) in [5.74, 6) is 0.0439. The number of carbonyl (C=O) groups is 2. The highest BCUT2D eigenvalue weighted by atomic mass is 16.2. The molecule has 0 bridgehead atoms. The molecule has 1 N–H and O–H groups in total. The van der Waals surface area contributed by atoms with E-state index in [0.717, 1.165) is 6.42 Å². The average molecular weight is 211 g/mol. The van der Waals surface area contributed by atoms with Crippen LogP contribution in [0.25, 0.3) is 0 Å². The molecule has 3 nitrogen and oxygen atoms in total. The largest absolute Gasteiger partial charge is 0.302 e. The number of carbonyl (C=O) groups excluding carboxylic acids is 2. The van der Waals surface area contributed by atoms with Crippen molar-refractivity contribution in [2.45, 2.75) is 58.5 Å². The molecule has 1 aliphatic rings. The number of hydrogen-bond donors (Lipinski definition) is 1. The summed E-state index contributed by atoms with van der Waals surface area (Å²) < 4.78 is 0. The first kappa shape index (κ1) is 12.4. The van der Waals surface area contributed by atoms with Gasteiger partial charge in [-0.2, -0.15) is 0 Å². The number of Topliss-reactive ketones (excluding diaryl/α,β-unsaturated/α-hetero) is 2. The van der Waals surface area contributed by atoms with Crippen molar-refractivity contribution >= 4 is 11.6 Å². The van der Waals surface area contributed by atoms with E-state index >= 15 is 0 Å². The van der Waals surface area contributed by atoms with E-state index in [1.807, 2.05) is 20.8 Å². The van der Waals surface area contributed by atoms with Crippen LogP contribution in [0.15, 0.2) is 0 Å². The molecule has 3 heteroatoms. The van der Waals surface area contributed by atoms with Crippen LogP contribution in [-0.4, -0.2) is 23.1 Å². The topological polar surface area (TPSA) is 46.2 Å². The van der Waals surface area contributed by atoms with E-state index in [2.05, 4.69) is 5.32 Å². The van der Waals surface area contributed by atoms with Crippen molar-refractivity contribution in [3.63, 3.8) is 0 Å². The molecular formula is C12H21NO2. The Bertz CT molecular complexity index is 261. The second kappa shape index (κ2) is 4.44. The van der Waals surface area contributed by atoms with Crippen LogP contribution in [0.1, 0.15) is 47.0 Å². The SMILES string of the molecule is CC(=O)C(=O)C(CC1CC1)NC(C)(C)C. The van der Waals surface area contributed by atoms with Crippen molar-refractivity contribution in [1.82, 2.24) is 5.32 Å². The molecule has 0 aromatic rings. The number of nitrogens with one attached hydrogen (secondary N) is 1. The molecule has 0 spiro atoms. The maximum atomic E-state index is 11.7. The van der Waals surface area contributed by atoms with Gasteiger partial charge in [-0.3, -0.25) is 9.59 Å². The first-order valence-corrected chi connectivity index (χ1v) is 5.62. The van der Waals surface area contributed by atoms with Crippen LogP contribution in [0.5, 0.6) is 0 Å². The van der Waals surface area contributed by atoms with Crippen molar-refractivity contribution < 1.29 is 9.59 Å². The Hall–Kier alpha value is -0.700. The summed E-state index contributed by atoms with van der Waals surface area (Å²) in [6.07, 6.45) is 3.22. The second-order valence-electron chi connectivity index (χ2n) is 5.55. The van der Waals surface area contributed by atoms with Gasteiger partial charge in [-0.15, -0.1) is 0 Å². The van der Waals surface area contributed by atoms with Gasteiger partial charge in [0.15, 0.2) is 5.78 Å². The second-order valence-corrected chi connectivity index (χ2v) is 5.55. The van der Waals surface area contributed by atoms with Gasteiger partial charge in [-0.25, -0.2) is 0 Å². The van der Waals surface area contributed by atoms with E-state index < -0.39 is 0 Å². The van der Waals surface area contributed by atoms with Gasteiger partial charge in [-0.1, -0.05) is 12.8 Å². The van der Waals surface area contributed by atoms with E-state index in [1.54, 1.807) is 0 Å². The highest BCUT2D eigenvalue weighted by Gasteiger charge is 2.32. The monoisotopic (exact) mass is 211 g/mol. The standard InChI is InChI=1S/C12H21NO2/c1-8(14)11(15)10(7-9-5-6-9)13-12(2,3)4/h9-10,13H,5-7H2,1-4H3. The molecule has 1 saturated carbocycles. The van der Waals surface area contributed by atoms with Crippen LogP contribution in [0, 0.1) is 5.92 Å². The molecule has 86 valence electrons. The van der Waals surface area contributed by atoms with Crippen molar-refractivity contribution in [1.29, 1.82) is 0 Å². The highest BCUT2D eigenvalue weighted by Crippen LogP contribution is 2.34. The summed E-state index contributed by atoms with van der Waals surface area (Å²) in [5.41, 5.74) is -0.120. The zero-order valence-electron chi connectivity index (χ0n) is 10.1. The van der Waals surface area contributed by atoms with Crippen molar-refractivity contribution in [3.8, 4) is 0 Å². The average Bonchev–Trinajstić information content (AvgIpc) is 2.83. The first-order chi connectivity index (χ1) is 6.79. The fraction of sp³-hybridized carbons (Fsp3) is 0.833. The van der Waals surface area contributed by atoms with Gasteiger partial charge in [0.05, 0.1) is 6.04 Å². The van der Waals surface area contributed by atoms with Crippen LogP contribution in [0.3, 0.4) is 0 Å². The Morgan fingerprint density at radius 2 is 1.87 bits per heavy atom. The fourth-order valence-electron chi connectivity index (χ4n) is 1.69. The maximum absolute atomic E-state index is 11.7. The van der Waals surface area contributed by atoms with Crippen LogP contribution in [0.2, 0.25) is 0 Å². The highest BCUT2D eigenvalue weighted by molar-refractivity contribution is 6.38. The summed E-state index contributed by atoms with van der Waals surface area (Å²) in [5, 5.41) is 3.24. The summed E-state index contributed by atoms with van der Waals surface area (Å²) in [6.45, 7) is 7.40. The molecule has 0 amide bonds. The van der Waals surface area contributed by atoms with Crippen molar-refractivity contribution in [2.24, 2.45) is 5.92 Å². The van der Waals surface area contributed by atoms with Gasteiger partial charge in [0.1, 0.15) is 0 Å². The summed E-state index contributed by atoms with van der Waals surface area (Å²) in [4.78, 5) is 22.8. The minimum absolute atomic E-state index is 0.120.